The van der Waals surface area contributed by atoms with E-state index in [0.29, 0.717) is 0 Å². The van der Waals surface area contributed by atoms with Crippen molar-refractivity contribution >= 4 is 0 Å². The number of allylic oxidation sites excluding steroid dienone is 2. The molecule has 0 heterocycles. The number of aliphatic hydroxyl groups excluding tert-OH is 1. The van der Waals surface area contributed by atoms with Crippen LogP contribution in [0.4, 0.5) is 0 Å². The van der Waals surface area contributed by atoms with Gasteiger partial charge in [0.2, 0.25) is 0 Å². The van der Waals surface area contributed by atoms with E-state index in [1.807, 2.05) is 19.1 Å². The summed E-state index contributed by atoms with van der Waals surface area (Å²) in [7, 11) is 0. The third kappa shape index (κ3) is 1.93. The first-order chi connectivity index (χ1) is 6.52. The monoisotopic (exact) mass is 194 g/mol. The van der Waals surface area contributed by atoms with Crippen molar-refractivity contribution in [2.45, 2.75) is 53.1 Å². The van der Waals surface area contributed by atoms with Gasteiger partial charge in [-0.05, 0) is 40.0 Å². The second-order valence-corrected chi connectivity index (χ2v) is 4.65. The molecule has 0 aromatic heterocycles. The molecular formula is C13H22O. The smallest absolute Gasteiger partial charge is 0.0811 e. The van der Waals surface area contributed by atoms with Crippen molar-refractivity contribution in [2.75, 3.05) is 0 Å². The van der Waals surface area contributed by atoms with Gasteiger partial charge in [0, 0.05) is 5.41 Å². The average Bonchev–Trinajstić information content (AvgIpc) is 2.14. The van der Waals surface area contributed by atoms with Gasteiger partial charge in [0.05, 0.1) is 6.10 Å². The second-order valence-electron chi connectivity index (χ2n) is 4.65. The van der Waals surface area contributed by atoms with E-state index in [1.54, 1.807) is 0 Å². The van der Waals surface area contributed by atoms with Gasteiger partial charge in [-0.3, -0.25) is 0 Å². The zero-order valence-electron chi connectivity index (χ0n) is 9.80. The maximum Gasteiger partial charge on any atom is 0.0811 e. The van der Waals surface area contributed by atoms with Crippen molar-refractivity contribution in [2.24, 2.45) is 5.41 Å². The van der Waals surface area contributed by atoms with Gasteiger partial charge in [-0.2, -0.15) is 0 Å². The lowest BCUT2D eigenvalue weighted by atomic mass is 9.68. The highest BCUT2D eigenvalue weighted by molar-refractivity contribution is 5.24. The van der Waals surface area contributed by atoms with Crippen molar-refractivity contribution in [3.05, 3.63) is 23.3 Å². The van der Waals surface area contributed by atoms with E-state index in [2.05, 4.69) is 20.8 Å². The van der Waals surface area contributed by atoms with Gasteiger partial charge < -0.3 is 5.11 Å². The fourth-order valence-electron chi connectivity index (χ4n) is 2.35. The summed E-state index contributed by atoms with van der Waals surface area (Å²) in [5, 5.41) is 10.1. The number of rotatable bonds is 2. The predicted octanol–water partition coefficient (Wildman–Crippen LogP) is 3.45. The quantitative estimate of drug-likeness (QED) is 0.667. The maximum atomic E-state index is 10.1. The minimum atomic E-state index is -0.331. The molecule has 1 N–H and O–H groups in total. The minimum Gasteiger partial charge on any atom is -0.388 e. The van der Waals surface area contributed by atoms with Crippen LogP contribution in [0, 0.1) is 5.41 Å². The van der Waals surface area contributed by atoms with Gasteiger partial charge in [-0.1, -0.05) is 30.2 Å². The Bertz CT molecular complexity index is 262. The van der Waals surface area contributed by atoms with Crippen molar-refractivity contribution in [1.82, 2.24) is 0 Å². The molecule has 80 valence electrons. The summed E-state index contributed by atoms with van der Waals surface area (Å²) < 4.78 is 0. The minimum absolute atomic E-state index is 0.0329. The Morgan fingerprint density at radius 2 is 2.07 bits per heavy atom. The molecule has 1 aliphatic carbocycles. The SMILES string of the molecule is CC=CC(O)C1(C)CCCC(C)=C1C. The fourth-order valence-corrected chi connectivity index (χ4v) is 2.35. The van der Waals surface area contributed by atoms with E-state index in [1.165, 1.54) is 24.0 Å². The zero-order chi connectivity index (χ0) is 10.8. The lowest BCUT2D eigenvalue weighted by Gasteiger charge is -2.39. The Kier molecular flexibility index (Phi) is 3.54. The van der Waals surface area contributed by atoms with Crippen molar-refractivity contribution in [3.63, 3.8) is 0 Å². The van der Waals surface area contributed by atoms with Crippen LogP contribution in [0.5, 0.6) is 0 Å². The summed E-state index contributed by atoms with van der Waals surface area (Å²) in [6.07, 6.45) is 7.01. The third-order valence-electron chi connectivity index (χ3n) is 3.77. The van der Waals surface area contributed by atoms with Crippen LogP contribution in [-0.2, 0) is 0 Å². The summed E-state index contributed by atoms with van der Waals surface area (Å²) >= 11 is 0. The molecule has 0 aromatic carbocycles. The van der Waals surface area contributed by atoms with Gasteiger partial charge in [0.25, 0.3) is 0 Å². The topological polar surface area (TPSA) is 20.2 Å². The molecule has 0 radical (unpaired) electrons. The molecule has 0 aromatic rings. The molecule has 0 bridgehead atoms. The van der Waals surface area contributed by atoms with Crippen LogP contribution >= 0.6 is 0 Å². The molecule has 1 heteroatoms. The standard InChI is InChI=1S/C13H22O/c1-5-7-12(14)13(4)9-6-8-10(2)11(13)3/h5,7,12,14H,6,8-9H2,1-4H3. The molecule has 2 unspecified atom stereocenters. The Morgan fingerprint density at radius 1 is 1.43 bits per heavy atom. The van der Waals surface area contributed by atoms with Crippen molar-refractivity contribution < 1.29 is 5.11 Å². The molecule has 0 saturated heterocycles. The lowest BCUT2D eigenvalue weighted by molar-refractivity contribution is 0.0895. The Morgan fingerprint density at radius 3 is 2.64 bits per heavy atom. The Labute approximate surface area is 87.5 Å². The first-order valence-electron chi connectivity index (χ1n) is 5.50. The maximum absolute atomic E-state index is 10.1. The van der Waals surface area contributed by atoms with E-state index < -0.39 is 0 Å². The van der Waals surface area contributed by atoms with E-state index in [0.717, 1.165) is 6.42 Å². The molecule has 0 aliphatic heterocycles. The van der Waals surface area contributed by atoms with Crippen LogP contribution in [0.1, 0.15) is 47.0 Å². The fraction of sp³-hybridized carbons (Fsp3) is 0.692. The summed E-state index contributed by atoms with van der Waals surface area (Å²) in [6.45, 7) is 8.49. The molecule has 0 spiro atoms. The highest BCUT2D eigenvalue weighted by atomic mass is 16.3. The van der Waals surface area contributed by atoms with Gasteiger partial charge in [0.15, 0.2) is 0 Å². The number of aliphatic hydroxyl groups is 1. The molecule has 2 atom stereocenters. The molecule has 0 amide bonds. The summed E-state index contributed by atoms with van der Waals surface area (Å²) in [6, 6.07) is 0. The van der Waals surface area contributed by atoms with Crippen LogP contribution in [0.2, 0.25) is 0 Å². The Hall–Kier alpha value is -0.560. The molecule has 1 rings (SSSR count). The Balaban J connectivity index is 2.98. The molecule has 14 heavy (non-hydrogen) atoms. The summed E-state index contributed by atoms with van der Waals surface area (Å²) in [4.78, 5) is 0. The largest absolute Gasteiger partial charge is 0.388 e. The van der Waals surface area contributed by atoms with E-state index in [-0.39, 0.29) is 11.5 Å². The van der Waals surface area contributed by atoms with Crippen molar-refractivity contribution in [1.29, 1.82) is 0 Å². The van der Waals surface area contributed by atoms with Crippen LogP contribution in [0.3, 0.4) is 0 Å². The van der Waals surface area contributed by atoms with Crippen LogP contribution in [0.25, 0.3) is 0 Å². The molecule has 0 saturated carbocycles. The highest BCUT2D eigenvalue weighted by Gasteiger charge is 2.35. The number of hydrogen-bond donors (Lipinski definition) is 1. The first kappa shape index (κ1) is 11.5. The second kappa shape index (κ2) is 4.31. The van der Waals surface area contributed by atoms with Gasteiger partial charge in [0.1, 0.15) is 0 Å². The lowest BCUT2D eigenvalue weighted by Crippen LogP contribution is -2.34. The van der Waals surface area contributed by atoms with Crippen LogP contribution in [-0.4, -0.2) is 11.2 Å². The number of hydrogen-bond acceptors (Lipinski definition) is 1. The third-order valence-corrected chi connectivity index (χ3v) is 3.77. The van der Waals surface area contributed by atoms with Crippen molar-refractivity contribution in [3.8, 4) is 0 Å². The zero-order valence-corrected chi connectivity index (χ0v) is 9.80. The van der Waals surface area contributed by atoms with Gasteiger partial charge in [-0.25, -0.2) is 0 Å². The molecule has 1 aliphatic rings. The van der Waals surface area contributed by atoms with Crippen LogP contribution < -0.4 is 0 Å². The van der Waals surface area contributed by atoms with E-state index in [4.69, 9.17) is 0 Å². The first-order valence-corrected chi connectivity index (χ1v) is 5.50. The summed E-state index contributed by atoms with van der Waals surface area (Å²) in [5.74, 6) is 0. The highest BCUT2D eigenvalue weighted by Crippen LogP contribution is 2.43. The normalized spacial score (nSPS) is 31.2. The molecular weight excluding hydrogens is 172 g/mol. The van der Waals surface area contributed by atoms with E-state index in [9.17, 15) is 5.11 Å². The summed E-state index contributed by atoms with van der Waals surface area (Å²) in [5.41, 5.74) is 2.81. The van der Waals surface area contributed by atoms with Gasteiger partial charge in [-0.15, -0.1) is 0 Å². The predicted molar refractivity (Wildman–Crippen MR) is 61.2 cm³/mol. The molecule has 1 nitrogen and oxygen atoms in total. The molecule has 0 fully saturated rings. The van der Waals surface area contributed by atoms with Gasteiger partial charge >= 0.3 is 0 Å². The average molecular weight is 194 g/mol. The van der Waals surface area contributed by atoms with E-state index >= 15 is 0 Å². The van der Waals surface area contributed by atoms with Crippen LogP contribution in [0.15, 0.2) is 23.3 Å².